The molecule has 0 unspecified atom stereocenters. The fourth-order valence-electron chi connectivity index (χ4n) is 4.99. The summed E-state index contributed by atoms with van der Waals surface area (Å²) >= 11 is 2.16. The predicted octanol–water partition coefficient (Wildman–Crippen LogP) is 5.40. The number of nitrogens with one attached hydrogen (secondary N) is 1. The number of amides is 2. The van der Waals surface area contributed by atoms with Crippen molar-refractivity contribution in [2.45, 2.75) is 62.4 Å². The minimum Gasteiger partial charge on any atom is -0.352 e. The van der Waals surface area contributed by atoms with Gasteiger partial charge in [-0.25, -0.2) is 8.42 Å². The van der Waals surface area contributed by atoms with E-state index in [1.54, 1.807) is 49.4 Å². The Balaban J connectivity index is 1.62. The highest BCUT2D eigenvalue weighted by molar-refractivity contribution is 14.1. The SMILES string of the molecule is C[C@@H](C(=O)NC1CCCCC1)N(CCc1ccccc1)C(=O)CN(c1ccc(I)cc1)S(=O)(=O)c1ccccc1. The number of anilines is 1. The number of halogens is 1. The molecule has 4 rings (SSSR count). The molecule has 1 aliphatic carbocycles. The third-order valence-electron chi connectivity index (χ3n) is 7.33. The Morgan fingerprint density at radius 1 is 0.900 bits per heavy atom. The standard InChI is InChI=1S/C31H36IN3O4S/c1-24(31(37)33-27-13-7-3-8-14-27)34(22-21-25-11-5-2-6-12-25)30(36)23-35(28-19-17-26(32)18-20-28)40(38,39)29-15-9-4-10-16-29/h2,4-6,9-12,15-20,24,27H,3,7-8,13-14,21-23H2,1H3,(H,33,37)/t24-/m0/s1. The van der Waals surface area contributed by atoms with Crippen molar-refractivity contribution in [3.05, 3.63) is 94.1 Å². The van der Waals surface area contributed by atoms with Gasteiger partial charge in [-0.2, -0.15) is 0 Å². The van der Waals surface area contributed by atoms with Gasteiger partial charge in [0.2, 0.25) is 11.8 Å². The first-order chi connectivity index (χ1) is 19.3. The lowest BCUT2D eigenvalue weighted by molar-refractivity contribution is -0.139. The van der Waals surface area contributed by atoms with Crippen LogP contribution in [0.2, 0.25) is 0 Å². The summed E-state index contributed by atoms with van der Waals surface area (Å²) in [5.74, 6) is -0.639. The number of hydrogen-bond donors (Lipinski definition) is 1. The van der Waals surface area contributed by atoms with Crippen LogP contribution in [0.25, 0.3) is 0 Å². The van der Waals surface area contributed by atoms with E-state index in [1.807, 2.05) is 30.3 Å². The quantitative estimate of drug-likeness (QED) is 0.277. The number of carbonyl (C=O) groups is 2. The summed E-state index contributed by atoms with van der Waals surface area (Å²) in [6.45, 7) is 1.59. The van der Waals surface area contributed by atoms with Gasteiger partial charge in [0.15, 0.2) is 0 Å². The van der Waals surface area contributed by atoms with Gasteiger partial charge in [-0.05, 0) is 90.7 Å². The second kappa shape index (κ2) is 14.1. The molecule has 1 saturated carbocycles. The highest BCUT2D eigenvalue weighted by Gasteiger charge is 2.33. The van der Waals surface area contributed by atoms with Gasteiger partial charge in [-0.3, -0.25) is 13.9 Å². The first-order valence-electron chi connectivity index (χ1n) is 13.7. The van der Waals surface area contributed by atoms with Crippen LogP contribution < -0.4 is 9.62 Å². The number of nitrogens with zero attached hydrogens (tertiary/aromatic N) is 2. The summed E-state index contributed by atoms with van der Waals surface area (Å²) in [6.07, 6.45) is 5.76. The molecule has 0 aliphatic heterocycles. The van der Waals surface area contributed by atoms with Gasteiger partial charge in [-0.1, -0.05) is 67.8 Å². The molecule has 40 heavy (non-hydrogen) atoms. The fraction of sp³-hybridized carbons (Fsp3) is 0.355. The number of hydrogen-bond acceptors (Lipinski definition) is 4. The summed E-state index contributed by atoms with van der Waals surface area (Å²) in [7, 11) is -4.05. The zero-order valence-electron chi connectivity index (χ0n) is 22.7. The van der Waals surface area contributed by atoms with Crippen LogP contribution in [0, 0.1) is 3.57 Å². The van der Waals surface area contributed by atoms with Gasteiger partial charge in [0.05, 0.1) is 10.6 Å². The zero-order valence-corrected chi connectivity index (χ0v) is 25.7. The third-order valence-corrected chi connectivity index (χ3v) is 9.83. The van der Waals surface area contributed by atoms with E-state index in [0.717, 1.165) is 39.1 Å². The second-order valence-electron chi connectivity index (χ2n) is 10.1. The molecule has 3 aromatic carbocycles. The molecular weight excluding hydrogens is 637 g/mol. The highest BCUT2D eigenvalue weighted by Crippen LogP contribution is 2.25. The lowest BCUT2D eigenvalue weighted by Crippen LogP contribution is -2.53. The number of benzene rings is 3. The lowest BCUT2D eigenvalue weighted by atomic mass is 9.95. The molecular formula is C31H36IN3O4S. The Kier molecular flexibility index (Phi) is 10.6. The minimum absolute atomic E-state index is 0.0975. The average molecular weight is 674 g/mol. The summed E-state index contributed by atoms with van der Waals surface area (Å²) in [4.78, 5) is 28.9. The van der Waals surface area contributed by atoms with Crippen LogP contribution in [0.15, 0.2) is 89.8 Å². The molecule has 1 N–H and O–H groups in total. The molecule has 0 aromatic heterocycles. The molecule has 7 nitrogen and oxygen atoms in total. The van der Waals surface area contributed by atoms with Gasteiger partial charge in [0.25, 0.3) is 10.0 Å². The molecule has 0 saturated heterocycles. The number of carbonyl (C=O) groups excluding carboxylic acids is 2. The summed E-state index contributed by atoms with van der Waals surface area (Å²) in [6, 6.07) is 24.2. The maximum absolute atomic E-state index is 14.0. The van der Waals surface area contributed by atoms with Gasteiger partial charge in [-0.15, -0.1) is 0 Å². The smallest absolute Gasteiger partial charge is 0.264 e. The monoisotopic (exact) mass is 673 g/mol. The average Bonchev–Trinajstić information content (AvgIpc) is 2.98. The normalized spacial score (nSPS) is 14.8. The van der Waals surface area contributed by atoms with Crippen LogP contribution >= 0.6 is 22.6 Å². The van der Waals surface area contributed by atoms with Crippen molar-refractivity contribution < 1.29 is 18.0 Å². The van der Waals surface area contributed by atoms with Crippen molar-refractivity contribution in [3.8, 4) is 0 Å². The van der Waals surface area contributed by atoms with Crippen LogP contribution in [-0.2, 0) is 26.0 Å². The molecule has 1 fully saturated rings. The van der Waals surface area contributed by atoms with Gasteiger partial charge >= 0.3 is 0 Å². The van der Waals surface area contributed by atoms with Gasteiger partial charge in [0, 0.05) is 16.2 Å². The highest BCUT2D eigenvalue weighted by atomic mass is 127. The molecule has 0 heterocycles. The van der Waals surface area contributed by atoms with Gasteiger partial charge < -0.3 is 10.2 Å². The molecule has 3 aromatic rings. The Hall–Kier alpha value is -2.92. The van der Waals surface area contributed by atoms with Gasteiger partial charge in [0.1, 0.15) is 12.6 Å². The Morgan fingerprint density at radius 2 is 1.50 bits per heavy atom. The number of sulfonamides is 1. The van der Waals surface area contributed by atoms with E-state index in [9.17, 15) is 18.0 Å². The Morgan fingerprint density at radius 3 is 2.12 bits per heavy atom. The molecule has 2 amide bonds. The van der Waals surface area contributed by atoms with Crippen LogP contribution in [0.1, 0.15) is 44.6 Å². The molecule has 1 atom stereocenters. The first kappa shape index (κ1) is 30.0. The Labute approximate surface area is 251 Å². The van der Waals surface area contributed by atoms with Crippen LogP contribution in [0.4, 0.5) is 5.69 Å². The van der Waals surface area contributed by atoms with Crippen molar-refractivity contribution in [1.82, 2.24) is 10.2 Å². The van der Waals surface area contributed by atoms with E-state index < -0.39 is 28.5 Å². The van der Waals surface area contributed by atoms with Crippen molar-refractivity contribution in [2.75, 3.05) is 17.4 Å². The molecule has 0 spiro atoms. The third kappa shape index (κ3) is 7.84. The summed E-state index contributed by atoms with van der Waals surface area (Å²) in [5, 5.41) is 3.13. The predicted molar refractivity (Wildman–Crippen MR) is 166 cm³/mol. The minimum atomic E-state index is -4.05. The van der Waals surface area contributed by atoms with E-state index in [0.29, 0.717) is 12.1 Å². The fourth-order valence-corrected chi connectivity index (χ4v) is 6.79. The van der Waals surface area contributed by atoms with Crippen LogP contribution in [0.5, 0.6) is 0 Å². The van der Waals surface area contributed by atoms with E-state index in [4.69, 9.17) is 0 Å². The molecule has 212 valence electrons. The largest absolute Gasteiger partial charge is 0.352 e. The lowest BCUT2D eigenvalue weighted by Gasteiger charge is -2.33. The summed E-state index contributed by atoms with van der Waals surface area (Å²) < 4.78 is 29.7. The van der Waals surface area contributed by atoms with E-state index in [-0.39, 0.29) is 23.4 Å². The van der Waals surface area contributed by atoms with E-state index in [2.05, 4.69) is 27.9 Å². The molecule has 9 heteroatoms. The zero-order chi connectivity index (χ0) is 28.5. The Bertz CT molecular complexity index is 1360. The second-order valence-corrected chi connectivity index (χ2v) is 13.3. The maximum atomic E-state index is 14.0. The van der Waals surface area contributed by atoms with Crippen molar-refractivity contribution in [1.29, 1.82) is 0 Å². The van der Waals surface area contributed by atoms with Crippen LogP contribution in [-0.4, -0.2) is 50.3 Å². The molecule has 0 radical (unpaired) electrons. The van der Waals surface area contributed by atoms with Crippen molar-refractivity contribution in [2.24, 2.45) is 0 Å². The van der Waals surface area contributed by atoms with Crippen molar-refractivity contribution in [3.63, 3.8) is 0 Å². The topological polar surface area (TPSA) is 86.8 Å². The number of rotatable bonds is 11. The first-order valence-corrected chi connectivity index (χ1v) is 16.2. The van der Waals surface area contributed by atoms with E-state index >= 15 is 0 Å². The van der Waals surface area contributed by atoms with E-state index in [1.165, 1.54) is 23.5 Å². The maximum Gasteiger partial charge on any atom is 0.264 e. The summed E-state index contributed by atoms with van der Waals surface area (Å²) in [5.41, 5.74) is 1.42. The molecule has 0 bridgehead atoms. The van der Waals surface area contributed by atoms with Crippen molar-refractivity contribution >= 4 is 50.1 Å². The molecule has 1 aliphatic rings. The van der Waals surface area contributed by atoms with Crippen LogP contribution in [0.3, 0.4) is 0 Å².